The molecule has 20 heavy (non-hydrogen) atoms. The average Bonchev–Trinajstić information content (AvgIpc) is 2.99. The maximum atomic E-state index is 11.9. The van der Waals surface area contributed by atoms with Crippen molar-refractivity contribution in [3.8, 4) is 5.75 Å². The lowest BCUT2D eigenvalue weighted by Gasteiger charge is -2.13. The molecule has 0 saturated heterocycles. The van der Waals surface area contributed by atoms with Crippen LogP contribution < -0.4 is 10.1 Å². The van der Waals surface area contributed by atoms with E-state index in [1.807, 2.05) is 43.5 Å². The molecule has 5 nitrogen and oxygen atoms in total. The molecule has 1 amide bonds. The van der Waals surface area contributed by atoms with Crippen molar-refractivity contribution >= 4 is 5.91 Å². The van der Waals surface area contributed by atoms with E-state index in [-0.39, 0.29) is 11.9 Å². The third-order valence-corrected chi connectivity index (χ3v) is 3.13. The van der Waals surface area contributed by atoms with Crippen LogP contribution in [0.3, 0.4) is 0 Å². The number of benzene rings is 1. The van der Waals surface area contributed by atoms with Gasteiger partial charge in [0.05, 0.1) is 13.2 Å². The van der Waals surface area contributed by atoms with Gasteiger partial charge in [0.15, 0.2) is 0 Å². The van der Waals surface area contributed by atoms with Gasteiger partial charge < -0.3 is 10.1 Å². The number of carbonyl (C=O) groups excluding carboxylic acids is 1. The van der Waals surface area contributed by atoms with Crippen molar-refractivity contribution in [3.05, 3.63) is 48.3 Å². The molecular weight excluding hydrogens is 254 g/mol. The summed E-state index contributed by atoms with van der Waals surface area (Å²) in [6.07, 6.45) is 3.97. The maximum absolute atomic E-state index is 11.9. The third kappa shape index (κ3) is 3.60. The van der Waals surface area contributed by atoms with E-state index in [1.54, 1.807) is 18.0 Å². The summed E-state index contributed by atoms with van der Waals surface area (Å²) in [7, 11) is 1.63. The normalized spacial score (nSPS) is 11.9. The molecular formula is C15H19N3O2. The first kappa shape index (κ1) is 14.1. The fraction of sp³-hybridized carbons (Fsp3) is 0.333. The van der Waals surface area contributed by atoms with Gasteiger partial charge >= 0.3 is 0 Å². The molecule has 0 radical (unpaired) electrons. The molecule has 1 aromatic heterocycles. The smallest absolute Gasteiger partial charge is 0.222 e. The molecule has 5 heteroatoms. The van der Waals surface area contributed by atoms with Crippen LogP contribution in [0.2, 0.25) is 0 Å². The van der Waals surface area contributed by atoms with Crippen molar-refractivity contribution in [3.63, 3.8) is 0 Å². The van der Waals surface area contributed by atoms with Crippen molar-refractivity contribution in [2.45, 2.75) is 25.9 Å². The Morgan fingerprint density at radius 1 is 1.40 bits per heavy atom. The third-order valence-electron chi connectivity index (χ3n) is 3.13. The van der Waals surface area contributed by atoms with E-state index in [9.17, 15) is 4.79 Å². The van der Waals surface area contributed by atoms with Crippen molar-refractivity contribution in [2.24, 2.45) is 0 Å². The van der Waals surface area contributed by atoms with Crippen LogP contribution in [0.15, 0.2) is 42.7 Å². The lowest BCUT2D eigenvalue weighted by Crippen LogP contribution is -2.25. The molecule has 0 saturated carbocycles. The highest BCUT2D eigenvalue weighted by atomic mass is 16.5. The number of amides is 1. The van der Waals surface area contributed by atoms with E-state index in [0.29, 0.717) is 13.0 Å². The van der Waals surface area contributed by atoms with Gasteiger partial charge in [-0.05, 0) is 19.1 Å². The molecule has 0 aliphatic carbocycles. The standard InChI is InChI=1S/C15H19N3O2/c1-12(18-9-5-8-17-18)10-15(19)16-11-13-6-3-4-7-14(13)20-2/h3-9,12H,10-11H2,1-2H3,(H,16,19)/t12-/m0/s1. The summed E-state index contributed by atoms with van der Waals surface area (Å²) in [5.41, 5.74) is 0.968. The number of nitrogens with one attached hydrogen (secondary N) is 1. The molecule has 0 spiro atoms. The van der Waals surface area contributed by atoms with Gasteiger partial charge in [-0.2, -0.15) is 5.10 Å². The molecule has 1 atom stereocenters. The van der Waals surface area contributed by atoms with Gasteiger partial charge in [-0.25, -0.2) is 0 Å². The van der Waals surface area contributed by atoms with Gasteiger partial charge in [0, 0.05) is 30.9 Å². The van der Waals surface area contributed by atoms with Crippen LogP contribution in [0.1, 0.15) is 24.9 Å². The second-order valence-corrected chi connectivity index (χ2v) is 4.63. The molecule has 1 heterocycles. The summed E-state index contributed by atoms with van der Waals surface area (Å²) in [5.74, 6) is 0.784. The van der Waals surface area contributed by atoms with Crippen LogP contribution in [0, 0.1) is 0 Å². The first-order valence-corrected chi connectivity index (χ1v) is 6.58. The van der Waals surface area contributed by atoms with E-state index in [1.165, 1.54) is 0 Å². The topological polar surface area (TPSA) is 56.1 Å². The lowest BCUT2D eigenvalue weighted by atomic mass is 10.2. The summed E-state index contributed by atoms with van der Waals surface area (Å²) < 4.78 is 7.03. The zero-order valence-corrected chi connectivity index (χ0v) is 11.7. The first-order valence-electron chi connectivity index (χ1n) is 6.58. The molecule has 1 N–H and O–H groups in total. The number of rotatable bonds is 6. The van der Waals surface area contributed by atoms with Gasteiger partial charge in [0.25, 0.3) is 0 Å². The van der Waals surface area contributed by atoms with Crippen LogP contribution in [0.25, 0.3) is 0 Å². The molecule has 0 bridgehead atoms. The largest absolute Gasteiger partial charge is 0.496 e. The van der Waals surface area contributed by atoms with Gasteiger partial charge in [-0.3, -0.25) is 9.48 Å². The minimum Gasteiger partial charge on any atom is -0.496 e. The second-order valence-electron chi connectivity index (χ2n) is 4.63. The predicted octanol–water partition coefficient (Wildman–Crippen LogP) is 2.16. The SMILES string of the molecule is COc1ccccc1CNC(=O)C[C@H](C)n1cccn1. The van der Waals surface area contributed by atoms with Gasteiger partial charge in [-0.1, -0.05) is 18.2 Å². The van der Waals surface area contributed by atoms with E-state index < -0.39 is 0 Å². The molecule has 0 fully saturated rings. The second kappa shape index (κ2) is 6.75. The Balaban J connectivity index is 1.86. The number of hydrogen-bond acceptors (Lipinski definition) is 3. The van der Waals surface area contributed by atoms with E-state index in [2.05, 4.69) is 10.4 Å². The van der Waals surface area contributed by atoms with E-state index in [0.717, 1.165) is 11.3 Å². The van der Waals surface area contributed by atoms with Crippen molar-refractivity contribution in [1.29, 1.82) is 0 Å². The quantitative estimate of drug-likeness (QED) is 0.877. The van der Waals surface area contributed by atoms with E-state index >= 15 is 0 Å². The van der Waals surface area contributed by atoms with Crippen molar-refractivity contribution in [1.82, 2.24) is 15.1 Å². The molecule has 2 aromatic rings. The summed E-state index contributed by atoms with van der Waals surface area (Å²) in [4.78, 5) is 11.9. The summed E-state index contributed by atoms with van der Waals surface area (Å²) in [5, 5.41) is 7.04. The number of aromatic nitrogens is 2. The highest BCUT2D eigenvalue weighted by molar-refractivity contribution is 5.76. The Kier molecular flexibility index (Phi) is 4.76. The Morgan fingerprint density at radius 3 is 2.90 bits per heavy atom. The molecule has 2 rings (SSSR count). The molecule has 106 valence electrons. The Hall–Kier alpha value is -2.30. The Labute approximate surface area is 118 Å². The zero-order valence-electron chi connectivity index (χ0n) is 11.7. The van der Waals surface area contributed by atoms with Crippen LogP contribution >= 0.6 is 0 Å². The highest BCUT2D eigenvalue weighted by Gasteiger charge is 2.11. The summed E-state index contributed by atoms with van der Waals surface area (Å²) in [6, 6.07) is 9.55. The van der Waals surface area contributed by atoms with Crippen LogP contribution in [-0.2, 0) is 11.3 Å². The fourth-order valence-corrected chi connectivity index (χ4v) is 2.02. The Bertz CT molecular complexity index is 552. The van der Waals surface area contributed by atoms with Crippen molar-refractivity contribution < 1.29 is 9.53 Å². The maximum Gasteiger partial charge on any atom is 0.222 e. The van der Waals surface area contributed by atoms with Gasteiger partial charge in [0.2, 0.25) is 5.91 Å². The zero-order chi connectivity index (χ0) is 14.4. The number of hydrogen-bond donors (Lipinski definition) is 1. The minimum atomic E-state index is -0.00101. The van der Waals surface area contributed by atoms with Gasteiger partial charge in [0.1, 0.15) is 5.75 Å². The number of methoxy groups -OCH3 is 1. The van der Waals surface area contributed by atoms with Crippen molar-refractivity contribution in [2.75, 3.05) is 7.11 Å². The fourth-order valence-electron chi connectivity index (χ4n) is 2.02. The van der Waals surface area contributed by atoms with Gasteiger partial charge in [-0.15, -0.1) is 0 Å². The van der Waals surface area contributed by atoms with Crippen LogP contribution in [-0.4, -0.2) is 22.8 Å². The minimum absolute atomic E-state index is 0.00101. The van der Waals surface area contributed by atoms with Crippen LogP contribution in [0.5, 0.6) is 5.75 Å². The monoisotopic (exact) mass is 273 g/mol. The predicted molar refractivity (Wildman–Crippen MR) is 76.4 cm³/mol. The lowest BCUT2D eigenvalue weighted by molar-refractivity contribution is -0.122. The number of ether oxygens (including phenoxy) is 1. The highest BCUT2D eigenvalue weighted by Crippen LogP contribution is 2.17. The number of carbonyl (C=O) groups is 1. The molecule has 1 aromatic carbocycles. The number of para-hydroxylation sites is 1. The number of nitrogens with zero attached hydrogens (tertiary/aromatic N) is 2. The summed E-state index contributed by atoms with van der Waals surface area (Å²) in [6.45, 7) is 2.43. The van der Waals surface area contributed by atoms with E-state index in [4.69, 9.17) is 4.74 Å². The molecule has 0 aliphatic heterocycles. The Morgan fingerprint density at radius 2 is 2.20 bits per heavy atom. The first-order chi connectivity index (χ1) is 9.70. The summed E-state index contributed by atoms with van der Waals surface area (Å²) >= 11 is 0. The molecule has 0 aliphatic rings. The average molecular weight is 273 g/mol. The molecule has 0 unspecified atom stereocenters. The van der Waals surface area contributed by atoms with Crippen LogP contribution in [0.4, 0.5) is 0 Å².